The lowest BCUT2D eigenvalue weighted by molar-refractivity contribution is -0.155. The summed E-state index contributed by atoms with van der Waals surface area (Å²) >= 11 is 0. The molecule has 1 heterocycles. The number of carboxylic acids is 1. The van der Waals surface area contributed by atoms with Crippen LogP contribution in [0.4, 0.5) is 4.39 Å². The van der Waals surface area contributed by atoms with Crippen LogP contribution < -0.4 is 0 Å². The highest BCUT2D eigenvalue weighted by Gasteiger charge is 2.39. The second-order valence-electron chi connectivity index (χ2n) is 7.65. The Hall–Kier alpha value is -3.24. The normalized spacial score (nSPS) is 22.1. The highest BCUT2D eigenvalue weighted by Crippen LogP contribution is 2.44. The van der Waals surface area contributed by atoms with Gasteiger partial charge in [0.2, 0.25) is 0 Å². The van der Waals surface area contributed by atoms with Gasteiger partial charge < -0.3 is 14.7 Å². The van der Waals surface area contributed by atoms with Gasteiger partial charge in [-0.2, -0.15) is 5.26 Å². The Bertz CT molecular complexity index is 1050. The minimum Gasteiger partial charge on any atom is -0.479 e. The Morgan fingerprint density at radius 3 is 2.80 bits per heavy atom. The number of ether oxygens (including phenoxy) is 1. The number of benzene rings is 1. The fourth-order valence-electron chi connectivity index (χ4n) is 3.89. The zero-order valence-electron chi connectivity index (χ0n) is 16.5. The third-order valence-corrected chi connectivity index (χ3v) is 5.52. The van der Waals surface area contributed by atoms with Crippen LogP contribution in [-0.2, 0) is 14.3 Å². The Labute approximate surface area is 173 Å². The van der Waals surface area contributed by atoms with Crippen molar-refractivity contribution in [3.05, 3.63) is 64.8 Å². The lowest BCUT2D eigenvalue weighted by Crippen LogP contribution is -2.36. The first kappa shape index (κ1) is 20.0. The molecule has 1 aromatic carbocycles. The van der Waals surface area contributed by atoms with Crippen LogP contribution in [0, 0.1) is 17.1 Å². The van der Waals surface area contributed by atoms with Crippen LogP contribution in [0.25, 0.3) is 5.57 Å². The Kier molecular flexibility index (Phi) is 5.27. The van der Waals surface area contributed by atoms with Crippen LogP contribution in [0.3, 0.4) is 0 Å². The van der Waals surface area contributed by atoms with Crippen LogP contribution in [0.1, 0.15) is 38.2 Å². The third kappa shape index (κ3) is 3.66. The van der Waals surface area contributed by atoms with Gasteiger partial charge in [0, 0.05) is 24.2 Å². The Balaban J connectivity index is 1.83. The molecular formula is C23H21FN2O4. The average molecular weight is 408 g/mol. The molecule has 0 bridgehead atoms. The van der Waals surface area contributed by atoms with Crippen LogP contribution >= 0.6 is 0 Å². The molecular weight excluding hydrogens is 387 g/mol. The number of halogens is 1. The molecule has 7 heteroatoms. The number of allylic oxidation sites excluding steroid dienone is 4. The summed E-state index contributed by atoms with van der Waals surface area (Å²) in [6, 6.07) is 8.44. The van der Waals surface area contributed by atoms with Crippen molar-refractivity contribution in [3.8, 4) is 6.07 Å². The van der Waals surface area contributed by atoms with Gasteiger partial charge in [0.25, 0.3) is 0 Å². The molecule has 0 saturated heterocycles. The average Bonchev–Trinajstić information content (AvgIpc) is 3.55. The molecule has 2 atom stereocenters. The smallest absolute Gasteiger partial charge is 0.332 e. The largest absolute Gasteiger partial charge is 0.479 e. The summed E-state index contributed by atoms with van der Waals surface area (Å²) in [5, 5.41) is 19.2. The summed E-state index contributed by atoms with van der Waals surface area (Å²) in [6.07, 6.45) is 3.43. The van der Waals surface area contributed by atoms with Crippen LogP contribution in [0.2, 0.25) is 0 Å². The van der Waals surface area contributed by atoms with Gasteiger partial charge in [-0.25, -0.2) is 9.18 Å². The molecule has 2 unspecified atom stereocenters. The van der Waals surface area contributed by atoms with E-state index < -0.39 is 24.0 Å². The molecule has 1 saturated carbocycles. The molecule has 1 aromatic rings. The van der Waals surface area contributed by atoms with Crippen molar-refractivity contribution in [1.29, 1.82) is 5.26 Å². The highest BCUT2D eigenvalue weighted by molar-refractivity contribution is 5.98. The van der Waals surface area contributed by atoms with Gasteiger partial charge in [-0.3, -0.25) is 4.79 Å². The lowest BCUT2D eigenvalue weighted by atomic mass is 9.81. The number of nitriles is 1. The molecule has 0 aromatic heterocycles. The summed E-state index contributed by atoms with van der Waals surface area (Å²) in [5.74, 6) is -1.80. The van der Waals surface area contributed by atoms with Crippen molar-refractivity contribution in [3.63, 3.8) is 0 Å². The van der Waals surface area contributed by atoms with Crippen LogP contribution in [0.15, 0.2) is 53.4 Å². The van der Waals surface area contributed by atoms with Gasteiger partial charge in [-0.1, -0.05) is 19.1 Å². The van der Waals surface area contributed by atoms with Gasteiger partial charge in [-0.05, 0) is 54.2 Å². The molecule has 0 spiro atoms. The fraction of sp³-hybridized carbons (Fsp3) is 0.348. The van der Waals surface area contributed by atoms with E-state index in [4.69, 9.17) is 4.74 Å². The van der Waals surface area contributed by atoms with Crippen molar-refractivity contribution >= 4 is 17.3 Å². The molecule has 2 aliphatic carbocycles. The number of rotatable bonds is 6. The van der Waals surface area contributed by atoms with Gasteiger partial charge in [-0.15, -0.1) is 0 Å². The van der Waals surface area contributed by atoms with E-state index in [0.717, 1.165) is 18.4 Å². The van der Waals surface area contributed by atoms with Gasteiger partial charge in [0.1, 0.15) is 23.7 Å². The Morgan fingerprint density at radius 1 is 1.43 bits per heavy atom. The van der Waals surface area contributed by atoms with Crippen molar-refractivity contribution in [1.82, 2.24) is 4.90 Å². The number of aliphatic carboxylic acids is 1. The molecule has 30 heavy (non-hydrogen) atoms. The Morgan fingerprint density at radius 2 is 2.20 bits per heavy atom. The second-order valence-corrected chi connectivity index (χ2v) is 7.65. The maximum atomic E-state index is 14.0. The molecule has 1 N–H and O–H groups in total. The third-order valence-electron chi connectivity index (χ3n) is 5.52. The molecule has 3 aliphatic rings. The number of hydrogen-bond acceptors (Lipinski definition) is 5. The standard InChI is InChI=1S/C23H21FN2O4/c1-2-20(23(28)29)30-21-10-17-14(9-19(21)27)12-26(16-6-7-16)18(11-25)22(17)13-4-3-5-15(24)8-13/h3-5,8,10,12,16,20-21H,2,6-7,9H2,1H3,(H,28,29). The first-order valence-corrected chi connectivity index (χ1v) is 9.95. The van der Waals surface area contributed by atoms with E-state index in [9.17, 15) is 24.3 Å². The van der Waals surface area contributed by atoms with E-state index in [2.05, 4.69) is 6.07 Å². The molecule has 4 rings (SSSR count). The minimum absolute atomic E-state index is 0.0628. The molecule has 0 amide bonds. The highest BCUT2D eigenvalue weighted by atomic mass is 19.1. The number of Topliss-reactive ketones (excluding diaryl/α,β-unsaturated/α-hetero) is 1. The summed E-state index contributed by atoms with van der Waals surface area (Å²) in [4.78, 5) is 26.0. The summed E-state index contributed by atoms with van der Waals surface area (Å²) < 4.78 is 19.6. The van der Waals surface area contributed by atoms with E-state index in [1.54, 1.807) is 25.1 Å². The van der Waals surface area contributed by atoms with Crippen molar-refractivity contribution < 1.29 is 23.8 Å². The number of carbonyl (C=O) groups excluding carboxylic acids is 1. The van der Waals surface area contributed by atoms with E-state index in [0.29, 0.717) is 22.4 Å². The summed E-state index contributed by atoms with van der Waals surface area (Å²) in [5.41, 5.74) is 2.84. The zero-order valence-corrected chi connectivity index (χ0v) is 16.5. The lowest BCUT2D eigenvalue weighted by Gasteiger charge is -2.34. The first-order chi connectivity index (χ1) is 14.4. The summed E-state index contributed by atoms with van der Waals surface area (Å²) in [6.45, 7) is 1.67. The first-order valence-electron chi connectivity index (χ1n) is 9.95. The molecule has 6 nitrogen and oxygen atoms in total. The molecule has 0 radical (unpaired) electrons. The monoisotopic (exact) mass is 408 g/mol. The van der Waals surface area contributed by atoms with Crippen molar-refractivity contribution in [2.75, 3.05) is 0 Å². The van der Waals surface area contributed by atoms with Gasteiger partial charge in [0.05, 0.1) is 0 Å². The maximum absolute atomic E-state index is 14.0. The molecule has 1 aliphatic heterocycles. The summed E-state index contributed by atoms with van der Waals surface area (Å²) in [7, 11) is 0. The number of ketones is 1. The maximum Gasteiger partial charge on any atom is 0.332 e. The number of hydrogen-bond donors (Lipinski definition) is 1. The zero-order chi connectivity index (χ0) is 21.4. The molecule has 154 valence electrons. The SMILES string of the molecule is CCC(OC1C=C2C(=CN(C3CC3)C(C#N)=C2c2cccc(F)c2)CC1=O)C(=O)O. The number of carbonyl (C=O) groups is 2. The number of carboxylic acid groups (broad SMARTS) is 1. The number of nitrogens with zero attached hydrogens (tertiary/aromatic N) is 2. The van der Waals surface area contributed by atoms with Gasteiger partial charge in [0.15, 0.2) is 11.9 Å². The predicted molar refractivity (Wildman–Crippen MR) is 106 cm³/mol. The van der Waals surface area contributed by atoms with E-state index in [1.807, 2.05) is 11.1 Å². The molecule has 1 fully saturated rings. The second kappa shape index (κ2) is 7.88. The fourth-order valence-corrected chi connectivity index (χ4v) is 3.89. The topological polar surface area (TPSA) is 90.6 Å². The minimum atomic E-state index is -1.13. The van der Waals surface area contributed by atoms with Gasteiger partial charge >= 0.3 is 5.97 Å². The van der Waals surface area contributed by atoms with E-state index in [1.165, 1.54) is 12.1 Å². The van der Waals surface area contributed by atoms with Crippen LogP contribution in [0.5, 0.6) is 0 Å². The predicted octanol–water partition coefficient (Wildman–Crippen LogP) is 3.57. The van der Waals surface area contributed by atoms with Crippen molar-refractivity contribution in [2.24, 2.45) is 0 Å². The number of fused-ring (bicyclic) bond motifs is 1. The van der Waals surface area contributed by atoms with Crippen molar-refractivity contribution in [2.45, 2.75) is 50.9 Å². The quantitative estimate of drug-likeness (QED) is 0.774. The van der Waals surface area contributed by atoms with E-state index in [-0.39, 0.29) is 24.7 Å². The van der Waals surface area contributed by atoms with Crippen LogP contribution in [-0.4, -0.2) is 40.0 Å². The van der Waals surface area contributed by atoms with E-state index >= 15 is 0 Å².